The number of rotatable bonds is 3. The van der Waals surface area contributed by atoms with E-state index in [-0.39, 0.29) is 27.1 Å². The molecule has 2 aromatic heterocycles. The topological polar surface area (TPSA) is 54.9 Å². The molecule has 1 amide bonds. The van der Waals surface area contributed by atoms with Crippen LogP contribution in [0, 0.1) is 11.6 Å². The number of carbonyl (C=O) groups is 1. The summed E-state index contributed by atoms with van der Waals surface area (Å²) in [6.45, 7) is 0. The van der Waals surface area contributed by atoms with Crippen LogP contribution >= 0.6 is 38.9 Å². The van der Waals surface area contributed by atoms with E-state index < -0.39 is 17.5 Å². The van der Waals surface area contributed by atoms with Crippen LogP contribution in [0.5, 0.6) is 0 Å². The van der Waals surface area contributed by atoms with Gasteiger partial charge in [-0.15, -0.1) is 11.3 Å². The minimum Gasteiger partial charge on any atom is -0.298 e. The van der Waals surface area contributed by atoms with Crippen LogP contribution < -0.4 is 5.32 Å². The fourth-order valence-electron chi connectivity index (χ4n) is 1.93. The second-order valence-corrected chi connectivity index (χ2v) is 6.71. The van der Waals surface area contributed by atoms with E-state index in [9.17, 15) is 13.6 Å². The molecular weight excluding hydrogens is 424 g/mol. The van der Waals surface area contributed by atoms with Gasteiger partial charge in [0.15, 0.2) is 5.13 Å². The fourth-order valence-corrected chi connectivity index (χ4v) is 3.15. The zero-order valence-electron chi connectivity index (χ0n) is 11.7. The third-order valence-electron chi connectivity index (χ3n) is 2.99. The lowest BCUT2D eigenvalue weighted by atomic mass is 10.1. The van der Waals surface area contributed by atoms with Crippen LogP contribution in [-0.4, -0.2) is 15.9 Å². The second-order valence-electron chi connectivity index (χ2n) is 4.58. The molecule has 2 heterocycles. The van der Waals surface area contributed by atoms with Crippen LogP contribution in [0.15, 0.2) is 40.3 Å². The predicted octanol–water partition coefficient (Wildman–Crippen LogP) is 5.15. The molecule has 122 valence electrons. The molecule has 0 unspecified atom stereocenters. The molecule has 0 saturated carbocycles. The van der Waals surface area contributed by atoms with E-state index in [4.69, 9.17) is 11.6 Å². The maximum Gasteiger partial charge on any atom is 0.260 e. The SMILES string of the molecule is O=C(Nc1nc(-c2c(F)cccc2F)cs1)c1cc(Br)cnc1Cl. The molecule has 0 bridgehead atoms. The quantitative estimate of drug-likeness (QED) is 0.585. The predicted molar refractivity (Wildman–Crippen MR) is 92.4 cm³/mol. The summed E-state index contributed by atoms with van der Waals surface area (Å²) < 4.78 is 28.1. The zero-order chi connectivity index (χ0) is 17.3. The normalized spacial score (nSPS) is 10.7. The largest absolute Gasteiger partial charge is 0.298 e. The Labute approximate surface area is 152 Å². The second kappa shape index (κ2) is 6.92. The lowest BCUT2D eigenvalue weighted by molar-refractivity contribution is 0.102. The Bertz CT molecular complexity index is 915. The summed E-state index contributed by atoms with van der Waals surface area (Å²) in [5.74, 6) is -1.97. The number of nitrogens with one attached hydrogen (secondary N) is 1. The summed E-state index contributed by atoms with van der Waals surface area (Å²) in [5, 5.41) is 4.21. The minimum atomic E-state index is -0.725. The summed E-state index contributed by atoms with van der Waals surface area (Å²) in [7, 11) is 0. The number of aromatic nitrogens is 2. The maximum absolute atomic E-state index is 13.8. The molecule has 0 saturated heterocycles. The molecule has 0 atom stereocenters. The molecule has 0 spiro atoms. The zero-order valence-corrected chi connectivity index (χ0v) is 14.8. The van der Waals surface area contributed by atoms with Crippen LogP contribution in [0.3, 0.4) is 0 Å². The van der Waals surface area contributed by atoms with Crippen molar-refractivity contribution in [1.29, 1.82) is 0 Å². The maximum atomic E-state index is 13.8. The summed E-state index contributed by atoms with van der Waals surface area (Å²) in [4.78, 5) is 20.1. The highest BCUT2D eigenvalue weighted by Gasteiger charge is 2.17. The number of pyridine rings is 1. The third-order valence-corrected chi connectivity index (χ3v) is 4.49. The van der Waals surface area contributed by atoms with Crippen molar-refractivity contribution in [3.05, 3.63) is 62.7 Å². The van der Waals surface area contributed by atoms with Crippen molar-refractivity contribution in [1.82, 2.24) is 9.97 Å². The molecule has 0 aliphatic heterocycles. The fraction of sp³-hybridized carbons (Fsp3) is 0. The summed E-state index contributed by atoms with van der Waals surface area (Å²) in [6, 6.07) is 5.06. The Hall–Kier alpha value is -1.90. The van der Waals surface area contributed by atoms with Gasteiger partial charge in [-0.2, -0.15) is 0 Å². The first-order chi connectivity index (χ1) is 11.5. The molecule has 0 aliphatic rings. The Morgan fingerprint density at radius 2 is 2.00 bits per heavy atom. The average Bonchev–Trinajstić information content (AvgIpc) is 2.97. The van der Waals surface area contributed by atoms with Gasteiger partial charge in [0, 0.05) is 16.0 Å². The number of carbonyl (C=O) groups excluding carboxylic acids is 1. The molecule has 1 aromatic carbocycles. The lowest BCUT2D eigenvalue weighted by Gasteiger charge is -2.04. The van der Waals surface area contributed by atoms with E-state index in [1.165, 1.54) is 23.7 Å². The first kappa shape index (κ1) is 16.9. The molecule has 0 aliphatic carbocycles. The summed E-state index contributed by atoms with van der Waals surface area (Å²) >= 11 is 10.1. The van der Waals surface area contributed by atoms with Gasteiger partial charge < -0.3 is 0 Å². The van der Waals surface area contributed by atoms with Crippen LogP contribution in [-0.2, 0) is 0 Å². The number of halogens is 4. The minimum absolute atomic E-state index is 0.0348. The van der Waals surface area contributed by atoms with Gasteiger partial charge in [-0.1, -0.05) is 17.7 Å². The number of benzene rings is 1. The molecule has 0 fully saturated rings. The number of amides is 1. The van der Waals surface area contributed by atoms with Gasteiger partial charge in [-0.3, -0.25) is 10.1 Å². The summed E-state index contributed by atoms with van der Waals surface area (Å²) in [6.07, 6.45) is 1.46. The number of anilines is 1. The van der Waals surface area contributed by atoms with Gasteiger partial charge in [0.05, 0.1) is 16.8 Å². The lowest BCUT2D eigenvalue weighted by Crippen LogP contribution is -2.13. The van der Waals surface area contributed by atoms with E-state index in [0.717, 1.165) is 23.5 Å². The van der Waals surface area contributed by atoms with Crippen molar-refractivity contribution in [3.8, 4) is 11.3 Å². The number of nitrogens with zero attached hydrogens (tertiary/aromatic N) is 2. The summed E-state index contributed by atoms with van der Waals surface area (Å²) in [5.41, 5.74) is 0.0145. The Morgan fingerprint density at radius 1 is 1.29 bits per heavy atom. The van der Waals surface area contributed by atoms with Crippen molar-refractivity contribution in [2.24, 2.45) is 0 Å². The van der Waals surface area contributed by atoms with Gasteiger partial charge in [0.25, 0.3) is 5.91 Å². The van der Waals surface area contributed by atoms with Crippen molar-refractivity contribution >= 4 is 49.9 Å². The molecule has 9 heteroatoms. The van der Waals surface area contributed by atoms with Crippen LogP contribution in [0.25, 0.3) is 11.3 Å². The van der Waals surface area contributed by atoms with Crippen molar-refractivity contribution in [2.45, 2.75) is 0 Å². The van der Waals surface area contributed by atoms with Crippen molar-refractivity contribution in [2.75, 3.05) is 5.32 Å². The Morgan fingerprint density at radius 3 is 2.71 bits per heavy atom. The Balaban J connectivity index is 1.87. The highest BCUT2D eigenvalue weighted by atomic mass is 79.9. The highest BCUT2D eigenvalue weighted by Crippen LogP contribution is 2.29. The van der Waals surface area contributed by atoms with Gasteiger partial charge >= 0.3 is 0 Å². The van der Waals surface area contributed by atoms with Crippen LogP contribution in [0.1, 0.15) is 10.4 Å². The van der Waals surface area contributed by atoms with Gasteiger partial charge in [-0.25, -0.2) is 18.7 Å². The van der Waals surface area contributed by atoms with Crippen molar-refractivity contribution in [3.63, 3.8) is 0 Å². The van der Waals surface area contributed by atoms with Gasteiger partial charge in [-0.05, 0) is 34.1 Å². The van der Waals surface area contributed by atoms with Crippen molar-refractivity contribution < 1.29 is 13.6 Å². The Kier molecular flexibility index (Phi) is 4.88. The monoisotopic (exact) mass is 429 g/mol. The molecule has 3 rings (SSSR count). The molecule has 4 nitrogen and oxygen atoms in total. The van der Waals surface area contributed by atoms with E-state index in [0.29, 0.717) is 4.47 Å². The van der Waals surface area contributed by atoms with E-state index in [1.807, 2.05) is 0 Å². The first-order valence-electron chi connectivity index (χ1n) is 6.48. The molecule has 24 heavy (non-hydrogen) atoms. The van der Waals surface area contributed by atoms with Gasteiger partial charge in [0.2, 0.25) is 0 Å². The standard InChI is InChI=1S/C15H7BrClF2N3OS/c16-7-4-8(13(17)20-5-7)14(23)22-15-21-11(6-24-15)12-9(18)2-1-3-10(12)19/h1-6H,(H,21,22,23). The average molecular weight is 431 g/mol. The number of thiazole rings is 1. The van der Waals surface area contributed by atoms with E-state index in [2.05, 4.69) is 31.2 Å². The molecule has 1 N–H and O–H groups in total. The van der Waals surface area contributed by atoms with Crippen LogP contribution in [0.2, 0.25) is 5.15 Å². The molecule has 3 aromatic rings. The first-order valence-corrected chi connectivity index (χ1v) is 8.53. The molecular formula is C15H7BrClF2N3OS. The number of hydrogen-bond donors (Lipinski definition) is 1. The number of hydrogen-bond acceptors (Lipinski definition) is 4. The third kappa shape index (κ3) is 3.45. The molecule has 0 radical (unpaired) electrons. The highest BCUT2D eigenvalue weighted by molar-refractivity contribution is 9.10. The van der Waals surface area contributed by atoms with Crippen LogP contribution in [0.4, 0.5) is 13.9 Å². The smallest absolute Gasteiger partial charge is 0.260 e. The van der Waals surface area contributed by atoms with Gasteiger partial charge in [0.1, 0.15) is 16.8 Å². The van der Waals surface area contributed by atoms with E-state index in [1.54, 1.807) is 0 Å². The van der Waals surface area contributed by atoms with E-state index >= 15 is 0 Å².